The standard InChI is InChI=1S/C15H28N2S/c1-3-5-6-7-8-9-10-14(16-4-2)13-15-17-11-12-18-15/h11-12,14,16H,3-10,13H2,1-2H3. The summed E-state index contributed by atoms with van der Waals surface area (Å²) in [6.45, 7) is 5.53. The van der Waals surface area contributed by atoms with Crippen LogP contribution in [0, 0.1) is 0 Å². The monoisotopic (exact) mass is 268 g/mol. The Morgan fingerprint density at radius 3 is 2.61 bits per heavy atom. The van der Waals surface area contributed by atoms with Crippen LogP contribution < -0.4 is 5.32 Å². The summed E-state index contributed by atoms with van der Waals surface area (Å²) in [4.78, 5) is 4.39. The molecule has 0 aliphatic rings. The summed E-state index contributed by atoms with van der Waals surface area (Å²) in [6.07, 6.45) is 12.6. The van der Waals surface area contributed by atoms with Gasteiger partial charge in [0.25, 0.3) is 0 Å². The molecule has 1 unspecified atom stereocenters. The predicted molar refractivity (Wildman–Crippen MR) is 81.3 cm³/mol. The molecular weight excluding hydrogens is 240 g/mol. The van der Waals surface area contributed by atoms with E-state index in [4.69, 9.17) is 0 Å². The minimum absolute atomic E-state index is 0.618. The number of rotatable bonds is 11. The first-order valence-corrected chi connectivity index (χ1v) is 8.36. The third-order valence-corrected chi connectivity index (χ3v) is 4.11. The van der Waals surface area contributed by atoms with Crippen molar-refractivity contribution in [1.82, 2.24) is 10.3 Å². The van der Waals surface area contributed by atoms with E-state index >= 15 is 0 Å². The smallest absolute Gasteiger partial charge is 0.0940 e. The van der Waals surface area contributed by atoms with Crippen LogP contribution in [0.5, 0.6) is 0 Å². The Morgan fingerprint density at radius 2 is 1.94 bits per heavy atom. The molecule has 104 valence electrons. The summed E-state index contributed by atoms with van der Waals surface area (Å²) in [6, 6.07) is 0.618. The number of nitrogens with zero attached hydrogens (tertiary/aromatic N) is 1. The van der Waals surface area contributed by atoms with Crippen LogP contribution in [-0.2, 0) is 6.42 Å². The summed E-state index contributed by atoms with van der Waals surface area (Å²) < 4.78 is 0. The lowest BCUT2D eigenvalue weighted by atomic mass is 10.0. The number of hydrogen-bond donors (Lipinski definition) is 1. The van der Waals surface area contributed by atoms with E-state index < -0.39 is 0 Å². The highest BCUT2D eigenvalue weighted by Gasteiger charge is 2.09. The lowest BCUT2D eigenvalue weighted by Gasteiger charge is -2.16. The van der Waals surface area contributed by atoms with Gasteiger partial charge in [-0.1, -0.05) is 52.4 Å². The summed E-state index contributed by atoms with van der Waals surface area (Å²) in [5.41, 5.74) is 0. The number of likely N-dealkylation sites (N-methyl/N-ethyl adjacent to an activating group) is 1. The fourth-order valence-corrected chi connectivity index (χ4v) is 3.00. The van der Waals surface area contributed by atoms with Crippen LogP contribution in [0.4, 0.5) is 0 Å². The van der Waals surface area contributed by atoms with Gasteiger partial charge in [-0.25, -0.2) is 4.98 Å². The highest BCUT2D eigenvalue weighted by Crippen LogP contribution is 2.13. The van der Waals surface area contributed by atoms with Crippen LogP contribution in [0.2, 0.25) is 0 Å². The average molecular weight is 268 g/mol. The fourth-order valence-electron chi connectivity index (χ4n) is 2.30. The lowest BCUT2D eigenvalue weighted by molar-refractivity contribution is 0.459. The van der Waals surface area contributed by atoms with Crippen LogP contribution in [0.25, 0.3) is 0 Å². The highest BCUT2D eigenvalue weighted by molar-refractivity contribution is 7.09. The van der Waals surface area contributed by atoms with Crippen molar-refractivity contribution in [3.63, 3.8) is 0 Å². The van der Waals surface area contributed by atoms with E-state index in [1.165, 1.54) is 50.0 Å². The van der Waals surface area contributed by atoms with E-state index in [0.717, 1.165) is 13.0 Å². The van der Waals surface area contributed by atoms with Crippen molar-refractivity contribution in [3.05, 3.63) is 16.6 Å². The van der Waals surface area contributed by atoms with Crippen molar-refractivity contribution >= 4 is 11.3 Å². The van der Waals surface area contributed by atoms with Gasteiger partial charge in [0.15, 0.2) is 0 Å². The van der Waals surface area contributed by atoms with Gasteiger partial charge >= 0.3 is 0 Å². The Hall–Kier alpha value is -0.410. The van der Waals surface area contributed by atoms with Gasteiger partial charge in [-0.15, -0.1) is 11.3 Å². The number of aromatic nitrogens is 1. The van der Waals surface area contributed by atoms with Crippen LogP contribution in [-0.4, -0.2) is 17.6 Å². The van der Waals surface area contributed by atoms with E-state index in [0.29, 0.717) is 6.04 Å². The van der Waals surface area contributed by atoms with Crippen LogP contribution in [0.1, 0.15) is 63.8 Å². The second kappa shape index (κ2) is 10.5. The molecule has 3 heteroatoms. The molecule has 0 fully saturated rings. The van der Waals surface area contributed by atoms with E-state index in [-0.39, 0.29) is 0 Å². The Bertz CT molecular complexity index is 272. The zero-order chi connectivity index (χ0) is 13.1. The molecule has 1 aromatic rings. The lowest BCUT2D eigenvalue weighted by Crippen LogP contribution is -2.30. The number of hydrogen-bond acceptors (Lipinski definition) is 3. The van der Waals surface area contributed by atoms with Gasteiger partial charge in [-0.05, 0) is 13.0 Å². The van der Waals surface area contributed by atoms with E-state index in [1.807, 2.05) is 6.20 Å². The third-order valence-electron chi connectivity index (χ3n) is 3.30. The second-order valence-corrected chi connectivity index (χ2v) is 5.92. The molecule has 0 saturated heterocycles. The minimum Gasteiger partial charge on any atom is -0.314 e. The maximum Gasteiger partial charge on any atom is 0.0940 e. The number of nitrogens with one attached hydrogen (secondary N) is 1. The first-order chi connectivity index (χ1) is 8.86. The molecule has 1 N–H and O–H groups in total. The van der Waals surface area contributed by atoms with Crippen molar-refractivity contribution in [2.24, 2.45) is 0 Å². The van der Waals surface area contributed by atoms with Gasteiger partial charge in [0.1, 0.15) is 0 Å². The highest BCUT2D eigenvalue weighted by atomic mass is 32.1. The van der Waals surface area contributed by atoms with Crippen molar-refractivity contribution in [2.45, 2.75) is 71.3 Å². The molecule has 0 amide bonds. The van der Waals surface area contributed by atoms with E-state index in [2.05, 4.69) is 29.5 Å². The summed E-state index contributed by atoms with van der Waals surface area (Å²) in [5.74, 6) is 0. The molecule has 0 aromatic carbocycles. The zero-order valence-corrected chi connectivity index (χ0v) is 12.8. The number of thiazole rings is 1. The quantitative estimate of drug-likeness (QED) is 0.601. The molecule has 1 aromatic heterocycles. The normalized spacial score (nSPS) is 12.8. The van der Waals surface area contributed by atoms with Gasteiger partial charge in [0, 0.05) is 24.0 Å². The van der Waals surface area contributed by atoms with Crippen molar-refractivity contribution < 1.29 is 0 Å². The molecule has 18 heavy (non-hydrogen) atoms. The maximum atomic E-state index is 4.39. The summed E-state index contributed by atoms with van der Waals surface area (Å²) in [7, 11) is 0. The van der Waals surface area contributed by atoms with E-state index in [1.54, 1.807) is 11.3 Å². The predicted octanol–water partition coefficient (Wildman–Crippen LogP) is 4.41. The molecule has 0 radical (unpaired) electrons. The molecule has 0 spiro atoms. The van der Waals surface area contributed by atoms with Gasteiger partial charge in [-0.3, -0.25) is 0 Å². The largest absolute Gasteiger partial charge is 0.314 e. The molecule has 1 atom stereocenters. The SMILES string of the molecule is CCCCCCCCC(Cc1nccs1)NCC. The molecule has 1 rings (SSSR count). The first-order valence-electron chi connectivity index (χ1n) is 7.48. The third kappa shape index (κ3) is 7.12. The van der Waals surface area contributed by atoms with Gasteiger partial charge in [0.2, 0.25) is 0 Å². The molecule has 0 saturated carbocycles. The van der Waals surface area contributed by atoms with E-state index in [9.17, 15) is 0 Å². The maximum absolute atomic E-state index is 4.39. The first kappa shape index (κ1) is 15.6. The van der Waals surface area contributed by atoms with Crippen LogP contribution in [0.3, 0.4) is 0 Å². The average Bonchev–Trinajstić information content (AvgIpc) is 2.86. The summed E-state index contributed by atoms with van der Waals surface area (Å²) in [5, 5.41) is 6.93. The molecule has 1 heterocycles. The number of unbranched alkanes of at least 4 members (excludes halogenated alkanes) is 5. The second-order valence-electron chi connectivity index (χ2n) is 4.94. The molecule has 0 aliphatic carbocycles. The van der Waals surface area contributed by atoms with Gasteiger partial charge in [-0.2, -0.15) is 0 Å². The molecule has 2 nitrogen and oxygen atoms in total. The Morgan fingerprint density at radius 1 is 1.17 bits per heavy atom. The van der Waals surface area contributed by atoms with Crippen molar-refractivity contribution in [2.75, 3.05) is 6.54 Å². The minimum atomic E-state index is 0.618. The van der Waals surface area contributed by atoms with Crippen molar-refractivity contribution in [3.8, 4) is 0 Å². The van der Waals surface area contributed by atoms with Crippen LogP contribution in [0.15, 0.2) is 11.6 Å². The zero-order valence-electron chi connectivity index (χ0n) is 12.0. The molecular formula is C15H28N2S. The topological polar surface area (TPSA) is 24.9 Å². The Labute approximate surface area is 116 Å². The van der Waals surface area contributed by atoms with Gasteiger partial charge < -0.3 is 5.32 Å². The van der Waals surface area contributed by atoms with Crippen LogP contribution >= 0.6 is 11.3 Å². The van der Waals surface area contributed by atoms with Gasteiger partial charge in [0.05, 0.1) is 5.01 Å². The summed E-state index contributed by atoms with van der Waals surface area (Å²) >= 11 is 1.78. The Kier molecular flexibility index (Phi) is 9.13. The fraction of sp³-hybridized carbons (Fsp3) is 0.800. The Balaban J connectivity index is 2.13. The molecule has 0 bridgehead atoms. The van der Waals surface area contributed by atoms with Crippen molar-refractivity contribution in [1.29, 1.82) is 0 Å². The molecule has 0 aliphatic heterocycles.